The molecule has 10 aromatic rings. The van der Waals surface area contributed by atoms with Crippen LogP contribution in [0.2, 0.25) is 0 Å². The van der Waals surface area contributed by atoms with Crippen LogP contribution >= 0.6 is 0 Å². The van der Waals surface area contributed by atoms with E-state index in [9.17, 15) is 10.5 Å². The van der Waals surface area contributed by atoms with Crippen molar-refractivity contribution < 1.29 is 4.42 Å². The molecule has 1 unspecified atom stereocenters. The zero-order valence-corrected chi connectivity index (χ0v) is 29.6. The minimum atomic E-state index is 0.0395. The van der Waals surface area contributed by atoms with E-state index < -0.39 is 0 Å². The lowest BCUT2D eigenvalue weighted by molar-refractivity contribution is 0.669. The molecule has 0 fully saturated rings. The molecular weight excluding hydrogens is 673 g/mol. The SMILES string of the molecule is N#Cc1ccc2c(c1)c1ccccc1n2C1=CC(c2cccc(-c3ccc4oc5ccccc5c4c3)c2)CC(n2c3ccccc3c3cc(C#N)ccc32)=C1. The maximum atomic E-state index is 9.82. The van der Waals surface area contributed by atoms with E-state index in [2.05, 4.69) is 149 Å². The van der Waals surface area contributed by atoms with Crippen LogP contribution in [0.25, 0.3) is 88.1 Å². The Balaban J connectivity index is 1.13. The quantitative estimate of drug-likeness (QED) is 0.183. The van der Waals surface area contributed by atoms with Gasteiger partial charge >= 0.3 is 0 Å². The first kappa shape index (κ1) is 31.0. The maximum absolute atomic E-state index is 9.82. The number of nitrogens with zero attached hydrogens (tertiary/aromatic N) is 4. The average molecular weight is 703 g/mol. The van der Waals surface area contributed by atoms with E-state index >= 15 is 0 Å². The van der Waals surface area contributed by atoms with Crippen LogP contribution in [0.15, 0.2) is 168 Å². The van der Waals surface area contributed by atoms with Crippen LogP contribution in [-0.4, -0.2) is 9.13 Å². The lowest BCUT2D eigenvalue weighted by Crippen LogP contribution is -2.10. The van der Waals surface area contributed by atoms with Gasteiger partial charge in [-0.2, -0.15) is 10.5 Å². The lowest BCUT2D eigenvalue weighted by atomic mass is 9.87. The van der Waals surface area contributed by atoms with Gasteiger partial charge in [0.1, 0.15) is 11.2 Å². The first-order valence-electron chi connectivity index (χ1n) is 18.5. The predicted molar refractivity (Wildman–Crippen MR) is 223 cm³/mol. The van der Waals surface area contributed by atoms with E-state index in [0.29, 0.717) is 11.1 Å². The molecule has 1 aliphatic rings. The maximum Gasteiger partial charge on any atom is 0.135 e. The molecule has 0 spiro atoms. The fourth-order valence-corrected chi connectivity index (χ4v) is 8.80. The van der Waals surface area contributed by atoms with E-state index in [1.807, 2.05) is 36.4 Å². The summed E-state index contributed by atoms with van der Waals surface area (Å²) in [5.41, 5.74) is 13.1. The number of hydrogen-bond acceptors (Lipinski definition) is 3. The lowest BCUT2D eigenvalue weighted by Gasteiger charge is -2.26. The Morgan fingerprint density at radius 1 is 0.491 bits per heavy atom. The van der Waals surface area contributed by atoms with Gasteiger partial charge in [0.25, 0.3) is 0 Å². The number of fused-ring (bicyclic) bond motifs is 9. The fraction of sp³-hybridized carbons (Fsp3) is 0.0400. The van der Waals surface area contributed by atoms with Crippen LogP contribution in [0.5, 0.6) is 0 Å². The van der Waals surface area contributed by atoms with Gasteiger partial charge in [0.05, 0.1) is 45.3 Å². The zero-order valence-electron chi connectivity index (χ0n) is 29.6. The smallest absolute Gasteiger partial charge is 0.135 e. The van der Waals surface area contributed by atoms with Gasteiger partial charge in [-0.05, 0) is 95.9 Å². The Kier molecular flexibility index (Phi) is 6.74. The number of benzene rings is 7. The van der Waals surface area contributed by atoms with Crippen molar-refractivity contribution in [2.75, 3.05) is 0 Å². The predicted octanol–water partition coefficient (Wildman–Crippen LogP) is 12.8. The molecule has 3 heterocycles. The number of hydrogen-bond donors (Lipinski definition) is 0. The van der Waals surface area contributed by atoms with Gasteiger partial charge in [-0.15, -0.1) is 0 Å². The third-order valence-electron chi connectivity index (χ3n) is 11.3. The van der Waals surface area contributed by atoms with Gasteiger partial charge < -0.3 is 13.6 Å². The average Bonchev–Trinajstić information content (AvgIpc) is 3.90. The summed E-state index contributed by atoms with van der Waals surface area (Å²) < 4.78 is 10.9. The Morgan fingerprint density at radius 2 is 1.09 bits per heavy atom. The Bertz CT molecular complexity index is 3390. The van der Waals surface area contributed by atoms with E-state index in [1.54, 1.807) is 0 Å². The zero-order chi connectivity index (χ0) is 36.6. The number of aromatic nitrogens is 2. The normalized spacial score (nSPS) is 14.5. The molecule has 7 aromatic carbocycles. The van der Waals surface area contributed by atoms with Crippen LogP contribution in [-0.2, 0) is 0 Å². The van der Waals surface area contributed by atoms with Gasteiger partial charge in [0.2, 0.25) is 0 Å². The van der Waals surface area contributed by atoms with Crippen LogP contribution < -0.4 is 0 Å². The molecular formula is C50H30N4O. The van der Waals surface area contributed by atoms with Crippen molar-refractivity contribution in [3.8, 4) is 23.3 Å². The van der Waals surface area contributed by atoms with Gasteiger partial charge in [-0.25, -0.2) is 0 Å². The summed E-state index contributed by atoms with van der Waals surface area (Å²) >= 11 is 0. The van der Waals surface area contributed by atoms with Crippen molar-refractivity contribution in [2.24, 2.45) is 0 Å². The standard InChI is InChI=1S/C50H30N4O/c51-29-31-16-19-47-42(22-31)39-10-1-4-13-45(39)53(47)37-25-36(26-38(28-37)54-46-14-5-2-11-40(46)43-23-32(30-52)17-20-48(43)54)34-9-7-8-33(24-34)35-18-21-50-44(27-35)41-12-3-6-15-49(41)55-50/h1-25,27-28,36H,26H2. The molecule has 0 saturated heterocycles. The van der Waals surface area contributed by atoms with Crippen molar-refractivity contribution >= 4 is 76.9 Å². The summed E-state index contributed by atoms with van der Waals surface area (Å²) in [6.07, 6.45) is 5.50. The summed E-state index contributed by atoms with van der Waals surface area (Å²) in [5.74, 6) is 0.0395. The van der Waals surface area contributed by atoms with Gasteiger partial charge in [0.15, 0.2) is 0 Å². The number of allylic oxidation sites excluding steroid dienone is 4. The molecule has 0 saturated carbocycles. The molecule has 5 heteroatoms. The van der Waals surface area contributed by atoms with Crippen molar-refractivity contribution in [3.63, 3.8) is 0 Å². The summed E-state index contributed by atoms with van der Waals surface area (Å²) in [7, 11) is 0. The molecule has 0 radical (unpaired) electrons. The summed E-state index contributed by atoms with van der Waals surface area (Å²) in [5, 5.41) is 26.2. The molecule has 1 aliphatic carbocycles. The van der Waals surface area contributed by atoms with E-state index in [0.717, 1.165) is 94.5 Å². The fourth-order valence-electron chi connectivity index (χ4n) is 8.80. The second-order valence-electron chi connectivity index (χ2n) is 14.4. The number of rotatable bonds is 4. The summed E-state index contributed by atoms with van der Waals surface area (Å²) in [6.45, 7) is 0. The summed E-state index contributed by atoms with van der Waals surface area (Å²) in [6, 6.07) is 57.2. The van der Waals surface area contributed by atoms with Gasteiger partial charge in [-0.3, -0.25) is 0 Å². The highest BCUT2D eigenvalue weighted by Crippen LogP contribution is 2.43. The largest absolute Gasteiger partial charge is 0.456 e. The highest BCUT2D eigenvalue weighted by molar-refractivity contribution is 6.13. The van der Waals surface area contributed by atoms with Crippen LogP contribution in [0.3, 0.4) is 0 Å². The van der Waals surface area contributed by atoms with Crippen LogP contribution in [0.4, 0.5) is 0 Å². The molecule has 5 nitrogen and oxygen atoms in total. The Morgan fingerprint density at radius 3 is 1.82 bits per heavy atom. The van der Waals surface area contributed by atoms with Crippen molar-refractivity contribution in [1.29, 1.82) is 10.5 Å². The van der Waals surface area contributed by atoms with Crippen LogP contribution in [0.1, 0.15) is 29.0 Å². The molecule has 256 valence electrons. The number of nitriles is 2. The van der Waals surface area contributed by atoms with Crippen LogP contribution in [0, 0.1) is 22.7 Å². The van der Waals surface area contributed by atoms with Crippen molar-refractivity contribution in [3.05, 3.63) is 181 Å². The van der Waals surface area contributed by atoms with E-state index in [-0.39, 0.29) is 5.92 Å². The molecule has 0 amide bonds. The third-order valence-corrected chi connectivity index (χ3v) is 11.3. The molecule has 11 rings (SSSR count). The minimum absolute atomic E-state index is 0.0395. The molecule has 1 atom stereocenters. The van der Waals surface area contributed by atoms with E-state index in [1.165, 1.54) is 5.56 Å². The second-order valence-corrected chi connectivity index (χ2v) is 14.4. The molecule has 0 bridgehead atoms. The van der Waals surface area contributed by atoms with E-state index in [4.69, 9.17) is 4.42 Å². The summed E-state index contributed by atoms with van der Waals surface area (Å²) in [4.78, 5) is 0. The molecule has 55 heavy (non-hydrogen) atoms. The minimum Gasteiger partial charge on any atom is -0.456 e. The van der Waals surface area contributed by atoms with Gasteiger partial charge in [0, 0.05) is 49.6 Å². The highest BCUT2D eigenvalue weighted by Gasteiger charge is 2.25. The molecule has 3 aromatic heterocycles. The highest BCUT2D eigenvalue weighted by atomic mass is 16.3. The Labute approximate surface area is 316 Å². The first-order chi connectivity index (χ1) is 27.1. The van der Waals surface area contributed by atoms with Gasteiger partial charge in [-0.1, -0.05) is 91.0 Å². The number of furan rings is 1. The first-order valence-corrected chi connectivity index (χ1v) is 18.5. The molecule has 0 aliphatic heterocycles. The second kappa shape index (κ2) is 12.0. The Hall–Kier alpha value is -7.60. The number of para-hydroxylation sites is 3. The monoisotopic (exact) mass is 702 g/mol. The molecule has 0 N–H and O–H groups in total. The van der Waals surface area contributed by atoms with Crippen molar-refractivity contribution in [1.82, 2.24) is 9.13 Å². The van der Waals surface area contributed by atoms with Crippen molar-refractivity contribution in [2.45, 2.75) is 12.3 Å². The third kappa shape index (κ3) is 4.78. The topological polar surface area (TPSA) is 70.6 Å².